The Kier molecular flexibility index (Phi) is 5.57. The first-order chi connectivity index (χ1) is 7.42. The van der Waals surface area contributed by atoms with Crippen molar-refractivity contribution in [3.05, 3.63) is 0 Å². The van der Waals surface area contributed by atoms with Crippen LogP contribution in [0.4, 0.5) is 0 Å². The summed E-state index contributed by atoms with van der Waals surface area (Å²) in [4.78, 5) is 2.42. The van der Waals surface area contributed by atoms with E-state index in [-0.39, 0.29) is 12.7 Å². The fourth-order valence-corrected chi connectivity index (χ4v) is 2.70. The van der Waals surface area contributed by atoms with Gasteiger partial charge in [0.25, 0.3) is 0 Å². The van der Waals surface area contributed by atoms with Gasteiger partial charge in [-0.3, -0.25) is 4.90 Å². The van der Waals surface area contributed by atoms with Crippen molar-refractivity contribution in [2.24, 2.45) is 0 Å². The molecule has 16 heavy (non-hydrogen) atoms. The Morgan fingerprint density at radius 3 is 2.69 bits per heavy atom. The molecular weight excluding hydrogens is 222 g/mol. The minimum absolute atomic E-state index is 0.0100. The van der Waals surface area contributed by atoms with Gasteiger partial charge in [0.15, 0.2) is 0 Å². The molecule has 2 atom stereocenters. The number of thioether (sulfide) groups is 1. The number of nitrogens with zero attached hydrogens (tertiary/aromatic N) is 1. The molecule has 1 aliphatic heterocycles. The van der Waals surface area contributed by atoms with Crippen LogP contribution < -0.4 is 0 Å². The van der Waals surface area contributed by atoms with Crippen LogP contribution in [0.2, 0.25) is 0 Å². The quantitative estimate of drug-likeness (QED) is 0.818. The van der Waals surface area contributed by atoms with Crippen LogP contribution in [0.3, 0.4) is 0 Å². The van der Waals surface area contributed by atoms with E-state index in [0.717, 1.165) is 25.4 Å². The highest BCUT2D eigenvalue weighted by molar-refractivity contribution is 8.00. The Morgan fingerprint density at radius 2 is 2.12 bits per heavy atom. The lowest BCUT2D eigenvalue weighted by Crippen LogP contribution is -2.50. The standard InChI is InChI=1S/C12H25NO2S/c1-10-9-15-11(8-14)7-13(10)5-6-16-12(2,3)4/h10-11,14H,5-9H2,1-4H3. The fraction of sp³-hybridized carbons (Fsp3) is 1.00. The van der Waals surface area contributed by atoms with Crippen molar-refractivity contribution in [1.82, 2.24) is 4.90 Å². The Balaban J connectivity index is 2.28. The number of aliphatic hydroxyl groups excluding tert-OH is 1. The normalized spacial score (nSPS) is 28.3. The van der Waals surface area contributed by atoms with E-state index in [1.54, 1.807) is 0 Å². The van der Waals surface area contributed by atoms with Crippen LogP contribution in [0.25, 0.3) is 0 Å². The zero-order valence-corrected chi connectivity index (χ0v) is 11.7. The average Bonchev–Trinajstić information content (AvgIpc) is 2.19. The Labute approximate surface area is 104 Å². The van der Waals surface area contributed by atoms with Crippen LogP contribution in [0.1, 0.15) is 27.7 Å². The molecule has 1 fully saturated rings. The first kappa shape index (κ1) is 14.3. The van der Waals surface area contributed by atoms with Crippen LogP contribution >= 0.6 is 11.8 Å². The van der Waals surface area contributed by atoms with E-state index in [4.69, 9.17) is 9.84 Å². The number of morpholine rings is 1. The van der Waals surface area contributed by atoms with Crippen molar-refractivity contribution in [1.29, 1.82) is 0 Å². The predicted octanol–water partition coefficient (Wildman–Crippen LogP) is 1.60. The molecule has 1 rings (SSSR count). The molecule has 0 aliphatic carbocycles. The van der Waals surface area contributed by atoms with Gasteiger partial charge in [0, 0.05) is 29.6 Å². The molecule has 0 radical (unpaired) electrons. The van der Waals surface area contributed by atoms with E-state index in [9.17, 15) is 0 Å². The Bertz CT molecular complexity index is 206. The zero-order valence-electron chi connectivity index (χ0n) is 10.9. The fourth-order valence-electron chi connectivity index (χ4n) is 1.77. The van der Waals surface area contributed by atoms with E-state index in [1.165, 1.54) is 0 Å². The molecular formula is C12H25NO2S. The number of hydrogen-bond acceptors (Lipinski definition) is 4. The van der Waals surface area contributed by atoms with Crippen molar-refractivity contribution < 1.29 is 9.84 Å². The van der Waals surface area contributed by atoms with E-state index in [2.05, 4.69) is 32.6 Å². The largest absolute Gasteiger partial charge is 0.394 e. The Hall–Kier alpha value is 0.230. The first-order valence-electron chi connectivity index (χ1n) is 6.03. The molecule has 1 heterocycles. The van der Waals surface area contributed by atoms with Crippen LogP contribution in [0, 0.1) is 0 Å². The molecule has 0 amide bonds. The summed E-state index contributed by atoms with van der Waals surface area (Å²) in [6.45, 7) is 11.8. The molecule has 3 nitrogen and oxygen atoms in total. The summed E-state index contributed by atoms with van der Waals surface area (Å²) in [7, 11) is 0. The van der Waals surface area contributed by atoms with Crippen molar-refractivity contribution in [2.45, 2.75) is 44.6 Å². The van der Waals surface area contributed by atoms with Crippen molar-refractivity contribution in [2.75, 3.05) is 32.1 Å². The summed E-state index contributed by atoms with van der Waals surface area (Å²) < 4.78 is 5.86. The smallest absolute Gasteiger partial charge is 0.0933 e. The van der Waals surface area contributed by atoms with Gasteiger partial charge in [0.05, 0.1) is 19.3 Å². The van der Waals surface area contributed by atoms with E-state index in [1.807, 2.05) is 11.8 Å². The molecule has 0 aromatic heterocycles. The minimum Gasteiger partial charge on any atom is -0.394 e. The van der Waals surface area contributed by atoms with Gasteiger partial charge in [-0.05, 0) is 6.92 Å². The highest BCUT2D eigenvalue weighted by Gasteiger charge is 2.25. The van der Waals surface area contributed by atoms with Crippen LogP contribution in [-0.2, 0) is 4.74 Å². The molecule has 1 N–H and O–H groups in total. The highest BCUT2D eigenvalue weighted by Crippen LogP contribution is 2.23. The lowest BCUT2D eigenvalue weighted by Gasteiger charge is -2.37. The van der Waals surface area contributed by atoms with Gasteiger partial charge < -0.3 is 9.84 Å². The predicted molar refractivity (Wildman–Crippen MR) is 70.1 cm³/mol. The first-order valence-corrected chi connectivity index (χ1v) is 7.01. The Morgan fingerprint density at radius 1 is 1.44 bits per heavy atom. The van der Waals surface area contributed by atoms with Gasteiger partial charge in [-0.2, -0.15) is 11.8 Å². The number of aliphatic hydroxyl groups is 1. The maximum Gasteiger partial charge on any atom is 0.0933 e. The second kappa shape index (κ2) is 6.24. The average molecular weight is 247 g/mol. The molecule has 0 bridgehead atoms. The van der Waals surface area contributed by atoms with E-state index in [0.29, 0.717) is 10.8 Å². The SMILES string of the molecule is CC1COC(CO)CN1CCSC(C)(C)C. The van der Waals surface area contributed by atoms with Crippen LogP contribution in [0.15, 0.2) is 0 Å². The summed E-state index contributed by atoms with van der Waals surface area (Å²) >= 11 is 1.99. The van der Waals surface area contributed by atoms with Crippen molar-refractivity contribution in [3.8, 4) is 0 Å². The van der Waals surface area contributed by atoms with Crippen molar-refractivity contribution in [3.63, 3.8) is 0 Å². The van der Waals surface area contributed by atoms with E-state index < -0.39 is 0 Å². The van der Waals surface area contributed by atoms with Gasteiger partial charge >= 0.3 is 0 Å². The van der Waals surface area contributed by atoms with Gasteiger partial charge in [0.1, 0.15) is 0 Å². The molecule has 1 saturated heterocycles. The molecule has 0 saturated carbocycles. The third-order valence-electron chi connectivity index (χ3n) is 2.75. The molecule has 0 aromatic carbocycles. The van der Waals surface area contributed by atoms with Gasteiger partial charge in [0.2, 0.25) is 0 Å². The second-order valence-corrected chi connectivity index (χ2v) is 7.36. The van der Waals surface area contributed by atoms with Gasteiger partial charge in [-0.1, -0.05) is 20.8 Å². The molecule has 1 aliphatic rings. The third kappa shape index (κ3) is 5.04. The maximum absolute atomic E-state index is 9.09. The lowest BCUT2D eigenvalue weighted by molar-refractivity contribution is -0.0757. The summed E-state index contributed by atoms with van der Waals surface area (Å²) in [5, 5.41) is 9.09. The monoisotopic (exact) mass is 247 g/mol. The van der Waals surface area contributed by atoms with Gasteiger partial charge in [-0.25, -0.2) is 0 Å². The zero-order chi connectivity index (χ0) is 12.2. The summed E-state index contributed by atoms with van der Waals surface area (Å²) in [5.41, 5.74) is 0. The summed E-state index contributed by atoms with van der Waals surface area (Å²) in [6.07, 6.45) is 0.0100. The molecule has 96 valence electrons. The second-order valence-electron chi connectivity index (χ2n) is 5.44. The van der Waals surface area contributed by atoms with Crippen LogP contribution in [-0.4, -0.2) is 59.0 Å². The molecule has 0 aromatic rings. The van der Waals surface area contributed by atoms with Crippen molar-refractivity contribution >= 4 is 11.8 Å². The highest BCUT2D eigenvalue weighted by atomic mass is 32.2. The summed E-state index contributed by atoms with van der Waals surface area (Å²) in [5.74, 6) is 1.14. The van der Waals surface area contributed by atoms with Crippen LogP contribution in [0.5, 0.6) is 0 Å². The van der Waals surface area contributed by atoms with E-state index >= 15 is 0 Å². The number of hydrogen-bond donors (Lipinski definition) is 1. The number of rotatable bonds is 4. The maximum atomic E-state index is 9.09. The molecule has 0 spiro atoms. The lowest BCUT2D eigenvalue weighted by atomic mass is 10.2. The molecule has 4 heteroatoms. The topological polar surface area (TPSA) is 32.7 Å². The summed E-state index contributed by atoms with van der Waals surface area (Å²) in [6, 6.07) is 0.475. The molecule has 2 unspecified atom stereocenters. The van der Waals surface area contributed by atoms with Gasteiger partial charge in [-0.15, -0.1) is 0 Å². The third-order valence-corrected chi connectivity index (χ3v) is 4.00. The minimum atomic E-state index is 0.0100. The number of ether oxygens (including phenoxy) is 1.